The predicted octanol–water partition coefficient (Wildman–Crippen LogP) is 2.22. The quantitative estimate of drug-likeness (QED) is 0.785. The molecule has 0 saturated heterocycles. The van der Waals surface area contributed by atoms with Gasteiger partial charge < -0.3 is 19.9 Å². The van der Waals surface area contributed by atoms with Crippen molar-refractivity contribution in [2.75, 3.05) is 6.61 Å². The first-order valence-electron chi connectivity index (χ1n) is 7.09. The Morgan fingerprint density at radius 3 is 2.39 bits per heavy atom. The van der Waals surface area contributed by atoms with Gasteiger partial charge in [0.25, 0.3) is 0 Å². The number of amides is 1. The molecule has 0 radical (unpaired) electrons. The van der Waals surface area contributed by atoms with E-state index in [1.54, 1.807) is 45.0 Å². The van der Waals surface area contributed by atoms with Crippen molar-refractivity contribution in [1.82, 2.24) is 5.32 Å². The van der Waals surface area contributed by atoms with Crippen LogP contribution in [0.25, 0.3) is 0 Å². The summed E-state index contributed by atoms with van der Waals surface area (Å²) in [6.07, 6.45) is 4.47. The summed E-state index contributed by atoms with van der Waals surface area (Å²) in [6, 6.07) is 5.75. The van der Waals surface area contributed by atoms with Gasteiger partial charge in [-0.25, -0.2) is 9.59 Å². The first-order valence-corrected chi connectivity index (χ1v) is 7.09. The highest BCUT2D eigenvalue weighted by atomic mass is 16.6. The Balaban J connectivity index is 2.67. The van der Waals surface area contributed by atoms with E-state index in [1.807, 2.05) is 0 Å². The zero-order valence-corrected chi connectivity index (χ0v) is 13.5. The van der Waals surface area contributed by atoms with Crippen molar-refractivity contribution >= 4 is 12.1 Å². The number of carbonyl (C=O) groups is 2. The van der Waals surface area contributed by atoms with E-state index in [0.717, 1.165) is 5.56 Å². The van der Waals surface area contributed by atoms with Gasteiger partial charge in [0.2, 0.25) is 0 Å². The second kappa shape index (κ2) is 8.08. The van der Waals surface area contributed by atoms with Gasteiger partial charge in [0, 0.05) is 6.42 Å². The molecule has 1 aromatic carbocycles. The van der Waals surface area contributed by atoms with Gasteiger partial charge in [0.05, 0.1) is 0 Å². The number of carboxylic acids is 1. The number of benzene rings is 1. The van der Waals surface area contributed by atoms with Crippen LogP contribution in [-0.4, -0.2) is 35.4 Å². The van der Waals surface area contributed by atoms with Gasteiger partial charge in [-0.15, -0.1) is 6.42 Å². The molecule has 1 amide bonds. The SMILES string of the molecule is C#CCOc1ccc(CC(NC(=O)OC(C)(C)C)C(=O)O)cc1. The number of alkyl carbamates (subject to hydrolysis) is 1. The van der Waals surface area contributed by atoms with Crippen molar-refractivity contribution in [2.45, 2.75) is 38.8 Å². The van der Waals surface area contributed by atoms with Gasteiger partial charge in [0.15, 0.2) is 0 Å². The summed E-state index contributed by atoms with van der Waals surface area (Å²) in [4.78, 5) is 23.0. The number of rotatable bonds is 6. The molecule has 23 heavy (non-hydrogen) atoms. The first-order chi connectivity index (χ1) is 10.7. The highest BCUT2D eigenvalue weighted by Gasteiger charge is 2.24. The molecule has 6 heteroatoms. The Labute approximate surface area is 135 Å². The summed E-state index contributed by atoms with van der Waals surface area (Å²) in [6.45, 7) is 5.28. The summed E-state index contributed by atoms with van der Waals surface area (Å²) in [5, 5.41) is 11.6. The molecule has 0 bridgehead atoms. The molecule has 2 N–H and O–H groups in total. The number of hydrogen-bond acceptors (Lipinski definition) is 4. The number of aliphatic carboxylic acids is 1. The van der Waals surface area contributed by atoms with Crippen LogP contribution < -0.4 is 10.1 Å². The lowest BCUT2D eigenvalue weighted by Crippen LogP contribution is -2.44. The molecule has 1 aromatic rings. The Hall–Kier alpha value is -2.68. The number of carboxylic acid groups (broad SMARTS) is 1. The second-order valence-electron chi connectivity index (χ2n) is 5.88. The highest BCUT2D eigenvalue weighted by Crippen LogP contribution is 2.14. The smallest absolute Gasteiger partial charge is 0.408 e. The van der Waals surface area contributed by atoms with Gasteiger partial charge in [-0.1, -0.05) is 18.1 Å². The minimum absolute atomic E-state index is 0.129. The summed E-state index contributed by atoms with van der Waals surface area (Å²) in [5.41, 5.74) is 0.0462. The Morgan fingerprint density at radius 1 is 1.30 bits per heavy atom. The zero-order chi connectivity index (χ0) is 17.5. The molecule has 0 aliphatic carbocycles. The topological polar surface area (TPSA) is 84.9 Å². The number of hydrogen-bond donors (Lipinski definition) is 2. The minimum atomic E-state index is -1.14. The average Bonchev–Trinajstić information content (AvgIpc) is 2.43. The summed E-state index contributed by atoms with van der Waals surface area (Å²) >= 11 is 0. The number of ether oxygens (including phenoxy) is 2. The lowest BCUT2D eigenvalue weighted by molar-refractivity contribution is -0.139. The molecule has 6 nitrogen and oxygen atoms in total. The van der Waals surface area contributed by atoms with E-state index in [9.17, 15) is 14.7 Å². The summed E-state index contributed by atoms with van der Waals surface area (Å²) in [7, 11) is 0. The van der Waals surface area contributed by atoms with Crippen molar-refractivity contribution in [3.05, 3.63) is 29.8 Å². The molecule has 0 saturated carbocycles. The van der Waals surface area contributed by atoms with Gasteiger partial charge >= 0.3 is 12.1 Å². The van der Waals surface area contributed by atoms with Crippen molar-refractivity contribution < 1.29 is 24.2 Å². The standard InChI is InChI=1S/C17H21NO5/c1-5-10-22-13-8-6-12(7-9-13)11-14(15(19)20)18-16(21)23-17(2,3)4/h1,6-9,14H,10-11H2,2-4H3,(H,18,21)(H,19,20). The molecule has 0 heterocycles. The van der Waals surface area contributed by atoms with Crippen molar-refractivity contribution in [2.24, 2.45) is 0 Å². The van der Waals surface area contributed by atoms with Crippen LogP contribution >= 0.6 is 0 Å². The summed E-state index contributed by atoms with van der Waals surface area (Å²) in [5.74, 6) is 1.82. The third-order valence-electron chi connectivity index (χ3n) is 2.67. The lowest BCUT2D eigenvalue weighted by atomic mass is 10.1. The number of carbonyl (C=O) groups excluding carboxylic acids is 1. The van der Waals surface area contributed by atoms with Crippen LogP contribution in [0.3, 0.4) is 0 Å². The molecule has 1 unspecified atom stereocenters. The average molecular weight is 319 g/mol. The van der Waals surface area contributed by atoms with E-state index in [4.69, 9.17) is 15.9 Å². The molecular formula is C17H21NO5. The lowest BCUT2D eigenvalue weighted by Gasteiger charge is -2.22. The molecule has 1 rings (SSSR count). The first kappa shape index (κ1) is 18.4. The van der Waals surface area contributed by atoms with Gasteiger partial charge in [-0.05, 0) is 38.5 Å². The fraction of sp³-hybridized carbons (Fsp3) is 0.412. The molecule has 1 atom stereocenters. The van der Waals surface area contributed by atoms with E-state index in [0.29, 0.717) is 5.75 Å². The third kappa shape index (κ3) is 7.23. The van der Waals surface area contributed by atoms with E-state index in [2.05, 4.69) is 11.2 Å². The van der Waals surface area contributed by atoms with E-state index in [1.165, 1.54) is 0 Å². The third-order valence-corrected chi connectivity index (χ3v) is 2.67. The van der Waals surface area contributed by atoms with E-state index < -0.39 is 23.7 Å². The molecule has 0 spiro atoms. The maximum atomic E-state index is 11.7. The normalized spacial score (nSPS) is 11.9. The van der Waals surface area contributed by atoms with Gasteiger partial charge in [-0.2, -0.15) is 0 Å². The monoisotopic (exact) mass is 319 g/mol. The molecular weight excluding hydrogens is 298 g/mol. The van der Waals surface area contributed by atoms with Crippen LogP contribution in [-0.2, 0) is 16.0 Å². The molecule has 124 valence electrons. The predicted molar refractivity (Wildman–Crippen MR) is 85.3 cm³/mol. The fourth-order valence-electron chi connectivity index (χ4n) is 1.73. The van der Waals surface area contributed by atoms with Gasteiger partial charge in [0.1, 0.15) is 24.0 Å². The van der Waals surface area contributed by atoms with Crippen LogP contribution in [0.4, 0.5) is 4.79 Å². The Kier molecular flexibility index (Phi) is 6.46. The molecule has 0 aliphatic heterocycles. The largest absolute Gasteiger partial charge is 0.481 e. The van der Waals surface area contributed by atoms with Gasteiger partial charge in [-0.3, -0.25) is 0 Å². The summed E-state index contributed by atoms with van der Waals surface area (Å²) < 4.78 is 10.3. The van der Waals surface area contributed by atoms with Crippen LogP contribution in [0, 0.1) is 12.3 Å². The number of nitrogens with one attached hydrogen (secondary N) is 1. The minimum Gasteiger partial charge on any atom is -0.481 e. The maximum Gasteiger partial charge on any atom is 0.408 e. The molecule has 0 fully saturated rings. The second-order valence-corrected chi connectivity index (χ2v) is 5.88. The van der Waals surface area contributed by atoms with Crippen molar-refractivity contribution in [1.29, 1.82) is 0 Å². The van der Waals surface area contributed by atoms with Crippen molar-refractivity contribution in [3.63, 3.8) is 0 Å². The van der Waals surface area contributed by atoms with E-state index >= 15 is 0 Å². The zero-order valence-electron chi connectivity index (χ0n) is 13.5. The fourth-order valence-corrected chi connectivity index (χ4v) is 1.73. The molecule has 0 aromatic heterocycles. The van der Waals surface area contributed by atoms with E-state index in [-0.39, 0.29) is 13.0 Å². The van der Waals surface area contributed by atoms with Crippen LogP contribution in [0.5, 0.6) is 5.75 Å². The Bertz CT molecular complexity index is 580. The number of terminal acetylenes is 1. The maximum absolute atomic E-state index is 11.7. The Morgan fingerprint density at radius 2 is 1.91 bits per heavy atom. The molecule has 0 aliphatic rings. The van der Waals surface area contributed by atoms with Crippen molar-refractivity contribution in [3.8, 4) is 18.1 Å². The van der Waals surface area contributed by atoms with Crippen LogP contribution in [0.15, 0.2) is 24.3 Å². The van der Waals surface area contributed by atoms with Crippen LogP contribution in [0.2, 0.25) is 0 Å². The highest BCUT2D eigenvalue weighted by molar-refractivity contribution is 5.80. The van der Waals surface area contributed by atoms with Crippen LogP contribution in [0.1, 0.15) is 26.3 Å².